The number of imidazole rings is 1. The summed E-state index contributed by atoms with van der Waals surface area (Å²) < 4.78 is 60.0. The van der Waals surface area contributed by atoms with Gasteiger partial charge in [-0.15, -0.1) is 0 Å². The Balaban J connectivity index is 1.59. The minimum Gasteiger partial charge on any atom is -0.457 e. The van der Waals surface area contributed by atoms with Crippen molar-refractivity contribution in [2.45, 2.75) is 13.1 Å². The minimum atomic E-state index is -4.81. The number of benzene rings is 2. The Morgan fingerprint density at radius 2 is 1.82 bits per heavy atom. The highest BCUT2D eigenvalue weighted by molar-refractivity contribution is 5.87. The Labute approximate surface area is 185 Å². The molecule has 11 heteroatoms. The number of halogens is 4. The fourth-order valence-corrected chi connectivity index (χ4v) is 3.16. The summed E-state index contributed by atoms with van der Waals surface area (Å²) in [6.45, 7) is 1.37. The number of rotatable bonds is 5. The molecule has 170 valence electrons. The molecule has 0 atom stereocenters. The number of ether oxygens (including phenoxy) is 1. The van der Waals surface area contributed by atoms with Crippen LogP contribution in [0.3, 0.4) is 0 Å². The monoisotopic (exact) mass is 459 g/mol. The van der Waals surface area contributed by atoms with E-state index in [-0.39, 0.29) is 17.5 Å². The Morgan fingerprint density at radius 1 is 1.06 bits per heavy atom. The van der Waals surface area contributed by atoms with Crippen LogP contribution in [0.15, 0.2) is 54.7 Å². The van der Waals surface area contributed by atoms with Gasteiger partial charge in [-0.2, -0.15) is 13.2 Å². The van der Waals surface area contributed by atoms with Crippen LogP contribution < -0.4 is 15.4 Å². The predicted molar refractivity (Wildman–Crippen MR) is 114 cm³/mol. The number of fused-ring (bicyclic) bond motifs is 1. The van der Waals surface area contributed by atoms with E-state index < -0.39 is 17.6 Å². The molecule has 0 bridgehead atoms. The molecule has 33 heavy (non-hydrogen) atoms. The summed E-state index contributed by atoms with van der Waals surface area (Å²) in [6.07, 6.45) is -3.33. The maximum absolute atomic E-state index is 13.6. The predicted octanol–water partition coefficient (Wildman–Crippen LogP) is 5.62. The lowest BCUT2D eigenvalue weighted by atomic mass is 10.2. The van der Waals surface area contributed by atoms with E-state index in [1.54, 1.807) is 41.9 Å². The van der Waals surface area contributed by atoms with Gasteiger partial charge in [0.15, 0.2) is 0 Å². The third-order valence-electron chi connectivity index (χ3n) is 4.65. The van der Waals surface area contributed by atoms with Crippen molar-refractivity contribution in [2.75, 3.05) is 10.6 Å². The first-order chi connectivity index (χ1) is 15.6. The molecule has 7 nitrogen and oxygen atoms in total. The van der Waals surface area contributed by atoms with E-state index in [0.29, 0.717) is 34.4 Å². The van der Waals surface area contributed by atoms with Gasteiger partial charge in [-0.1, -0.05) is 0 Å². The molecule has 0 aliphatic carbocycles. The van der Waals surface area contributed by atoms with Gasteiger partial charge in [-0.05, 0) is 36.4 Å². The molecule has 4 aromatic rings. The summed E-state index contributed by atoms with van der Waals surface area (Å²) >= 11 is 0. The van der Waals surface area contributed by atoms with E-state index >= 15 is 0 Å². The molecule has 0 radical (unpaired) electrons. The maximum atomic E-state index is 13.6. The van der Waals surface area contributed by atoms with Gasteiger partial charge in [0.25, 0.3) is 0 Å². The molecule has 2 aromatic carbocycles. The van der Waals surface area contributed by atoms with Crippen molar-refractivity contribution >= 4 is 34.4 Å². The number of amides is 1. The van der Waals surface area contributed by atoms with Crippen LogP contribution in [0.1, 0.15) is 12.5 Å². The summed E-state index contributed by atoms with van der Waals surface area (Å²) in [5, 5.41) is 5.36. The van der Waals surface area contributed by atoms with Crippen LogP contribution in [0.25, 0.3) is 11.0 Å². The van der Waals surface area contributed by atoms with Gasteiger partial charge in [-0.25, -0.2) is 14.4 Å². The molecule has 0 spiro atoms. The van der Waals surface area contributed by atoms with Gasteiger partial charge in [0.1, 0.15) is 23.1 Å². The molecule has 4 rings (SSSR count). The summed E-state index contributed by atoms with van der Waals surface area (Å²) in [4.78, 5) is 19.6. The highest BCUT2D eigenvalue weighted by Crippen LogP contribution is 2.34. The molecule has 0 aliphatic rings. The van der Waals surface area contributed by atoms with Crippen molar-refractivity contribution in [1.82, 2.24) is 14.5 Å². The van der Waals surface area contributed by atoms with Crippen LogP contribution in [0.2, 0.25) is 0 Å². The Bertz CT molecular complexity index is 1350. The van der Waals surface area contributed by atoms with E-state index in [0.717, 1.165) is 6.07 Å². The third kappa shape index (κ3) is 4.86. The topological polar surface area (TPSA) is 81.1 Å². The standard InChI is InChI=1S/C22H17F4N5O2/c1-12(32)28-20-11-15(7-8-27-20)33-14-4-6-19-18(10-14)30-21(31(19)2)29-13-3-5-17(23)16(9-13)22(24,25)26/h3-11H,1-2H3,(H,29,30)(H,27,28,32). The highest BCUT2D eigenvalue weighted by Gasteiger charge is 2.34. The van der Waals surface area contributed by atoms with E-state index in [2.05, 4.69) is 20.6 Å². The maximum Gasteiger partial charge on any atom is 0.419 e. The molecule has 0 aliphatic heterocycles. The Morgan fingerprint density at radius 3 is 2.55 bits per heavy atom. The van der Waals surface area contributed by atoms with Crippen molar-refractivity contribution in [3.8, 4) is 11.5 Å². The lowest BCUT2D eigenvalue weighted by Crippen LogP contribution is -2.09. The van der Waals surface area contributed by atoms with Crippen LogP contribution in [0.5, 0.6) is 11.5 Å². The van der Waals surface area contributed by atoms with Gasteiger partial charge in [-0.3, -0.25) is 4.79 Å². The number of carbonyl (C=O) groups excluding carboxylic acids is 1. The zero-order valence-electron chi connectivity index (χ0n) is 17.4. The Kier molecular flexibility index (Phi) is 5.62. The van der Waals surface area contributed by atoms with Gasteiger partial charge in [0.2, 0.25) is 11.9 Å². The van der Waals surface area contributed by atoms with E-state index in [1.807, 2.05) is 0 Å². The zero-order chi connectivity index (χ0) is 23.8. The first kappa shape index (κ1) is 22.1. The van der Waals surface area contributed by atoms with Crippen molar-refractivity contribution in [2.24, 2.45) is 7.05 Å². The molecular weight excluding hydrogens is 442 g/mol. The zero-order valence-corrected chi connectivity index (χ0v) is 17.4. The molecule has 1 amide bonds. The molecule has 0 saturated heterocycles. The molecule has 0 unspecified atom stereocenters. The van der Waals surface area contributed by atoms with Gasteiger partial charge < -0.3 is 19.9 Å². The number of alkyl halides is 3. The van der Waals surface area contributed by atoms with Gasteiger partial charge in [0.05, 0.1) is 16.6 Å². The number of hydrogen-bond donors (Lipinski definition) is 2. The van der Waals surface area contributed by atoms with Crippen LogP contribution in [0, 0.1) is 5.82 Å². The largest absolute Gasteiger partial charge is 0.457 e. The quantitative estimate of drug-likeness (QED) is 0.379. The summed E-state index contributed by atoms with van der Waals surface area (Å²) in [5.74, 6) is -0.126. The smallest absolute Gasteiger partial charge is 0.419 e. The number of pyridine rings is 1. The molecule has 2 N–H and O–H groups in total. The number of anilines is 3. The number of aromatic nitrogens is 3. The van der Waals surface area contributed by atoms with Crippen molar-refractivity contribution in [3.63, 3.8) is 0 Å². The fraction of sp³-hybridized carbons (Fsp3) is 0.136. The first-order valence-corrected chi connectivity index (χ1v) is 9.62. The third-order valence-corrected chi connectivity index (χ3v) is 4.65. The average molecular weight is 459 g/mol. The number of nitrogens with zero attached hydrogens (tertiary/aromatic N) is 3. The highest BCUT2D eigenvalue weighted by atomic mass is 19.4. The summed E-state index contributed by atoms with van der Waals surface area (Å²) in [5.41, 5.74) is -0.109. The van der Waals surface area contributed by atoms with Gasteiger partial charge in [0, 0.05) is 38.0 Å². The second-order valence-electron chi connectivity index (χ2n) is 7.12. The first-order valence-electron chi connectivity index (χ1n) is 9.62. The average Bonchev–Trinajstić information content (AvgIpc) is 3.03. The van der Waals surface area contributed by atoms with Crippen molar-refractivity contribution in [3.05, 3.63) is 66.1 Å². The summed E-state index contributed by atoms with van der Waals surface area (Å²) in [7, 11) is 1.69. The number of hydrogen-bond acceptors (Lipinski definition) is 5. The Hall–Kier alpha value is -4.15. The lowest BCUT2D eigenvalue weighted by Gasteiger charge is -2.11. The minimum absolute atomic E-state index is 0.0425. The van der Waals surface area contributed by atoms with E-state index in [9.17, 15) is 22.4 Å². The van der Waals surface area contributed by atoms with E-state index in [1.165, 1.54) is 19.2 Å². The van der Waals surface area contributed by atoms with Crippen LogP contribution >= 0.6 is 0 Å². The normalized spacial score (nSPS) is 11.5. The molecule has 0 saturated carbocycles. The summed E-state index contributed by atoms with van der Waals surface area (Å²) in [6, 6.07) is 10.9. The molecule has 2 aromatic heterocycles. The second kappa shape index (κ2) is 8.41. The van der Waals surface area contributed by atoms with Crippen molar-refractivity contribution in [1.29, 1.82) is 0 Å². The van der Waals surface area contributed by atoms with Crippen LogP contribution in [-0.4, -0.2) is 20.4 Å². The number of carbonyl (C=O) groups is 1. The number of aryl methyl sites for hydroxylation is 1. The van der Waals surface area contributed by atoms with Crippen LogP contribution in [-0.2, 0) is 18.0 Å². The second-order valence-corrected chi connectivity index (χ2v) is 7.12. The fourth-order valence-electron chi connectivity index (χ4n) is 3.16. The van der Waals surface area contributed by atoms with Crippen LogP contribution in [0.4, 0.5) is 35.0 Å². The SMILES string of the molecule is CC(=O)Nc1cc(Oc2ccc3c(c2)nc(Nc2ccc(F)c(C(F)(F)F)c2)n3C)ccn1. The molecular formula is C22H17F4N5O2. The van der Waals surface area contributed by atoms with E-state index in [4.69, 9.17) is 4.74 Å². The number of nitrogens with one attached hydrogen (secondary N) is 2. The molecule has 2 heterocycles. The van der Waals surface area contributed by atoms with Crippen molar-refractivity contribution < 1.29 is 27.1 Å². The van der Waals surface area contributed by atoms with Gasteiger partial charge >= 0.3 is 6.18 Å². The lowest BCUT2D eigenvalue weighted by molar-refractivity contribution is -0.139. The molecule has 0 fully saturated rings.